The second-order valence-electron chi connectivity index (χ2n) is 2.90. The first-order valence-corrected chi connectivity index (χ1v) is 5.41. The van der Waals surface area contributed by atoms with Crippen molar-refractivity contribution in [1.82, 2.24) is 0 Å². The quantitative estimate of drug-likeness (QED) is 0.681. The molecule has 0 radical (unpaired) electrons. The van der Waals surface area contributed by atoms with Crippen LogP contribution in [0.25, 0.3) is 0 Å². The largest absolute Gasteiger partial charge is 0.492 e. The van der Waals surface area contributed by atoms with E-state index in [9.17, 15) is 0 Å². The van der Waals surface area contributed by atoms with Crippen LogP contribution in [0, 0.1) is 6.92 Å². The Morgan fingerprint density at radius 2 is 2.00 bits per heavy atom. The Hall–Kier alpha value is -0.290. The van der Waals surface area contributed by atoms with Gasteiger partial charge >= 0.3 is 0 Å². The van der Waals surface area contributed by atoms with Gasteiger partial charge in [0.15, 0.2) is 0 Å². The number of alkyl halides is 1. The number of aryl methyl sites for hydroxylation is 1. The molecular formula is C10H13IO2. The fraction of sp³-hybridized carbons (Fsp3) is 0.400. The molecular weight excluding hydrogens is 279 g/mol. The molecule has 0 aromatic heterocycles. The van der Waals surface area contributed by atoms with Crippen molar-refractivity contribution in [3.63, 3.8) is 0 Å². The molecule has 1 atom stereocenters. The fourth-order valence-electron chi connectivity index (χ4n) is 0.874. The zero-order valence-corrected chi connectivity index (χ0v) is 9.69. The minimum absolute atomic E-state index is 0.159. The SMILES string of the molecule is Cc1ccc(OCC(I)CO)cc1. The number of benzene rings is 1. The van der Waals surface area contributed by atoms with Crippen molar-refractivity contribution in [2.24, 2.45) is 0 Å². The molecule has 0 fully saturated rings. The molecule has 0 amide bonds. The molecule has 1 rings (SSSR count). The zero-order chi connectivity index (χ0) is 9.68. The monoisotopic (exact) mass is 292 g/mol. The minimum atomic E-state index is 0.159. The molecule has 72 valence electrons. The molecule has 1 aromatic rings. The molecule has 0 aliphatic heterocycles. The molecule has 0 aliphatic rings. The molecule has 0 heterocycles. The number of aliphatic hydroxyl groups excluding tert-OH is 1. The Morgan fingerprint density at radius 3 is 2.54 bits per heavy atom. The van der Waals surface area contributed by atoms with E-state index in [0.29, 0.717) is 6.61 Å². The van der Waals surface area contributed by atoms with Crippen LogP contribution in [0.1, 0.15) is 5.56 Å². The molecule has 0 saturated carbocycles. The summed E-state index contributed by atoms with van der Waals surface area (Å²) in [5.41, 5.74) is 1.22. The fourth-order valence-corrected chi connectivity index (χ4v) is 1.05. The number of hydrogen-bond donors (Lipinski definition) is 1. The van der Waals surface area contributed by atoms with E-state index in [1.165, 1.54) is 5.56 Å². The van der Waals surface area contributed by atoms with Gasteiger partial charge in [-0.3, -0.25) is 0 Å². The Labute approximate surface area is 92.1 Å². The number of aliphatic hydroxyl groups is 1. The zero-order valence-electron chi connectivity index (χ0n) is 7.53. The van der Waals surface area contributed by atoms with E-state index in [0.717, 1.165) is 5.75 Å². The number of halogens is 1. The van der Waals surface area contributed by atoms with Crippen molar-refractivity contribution < 1.29 is 9.84 Å². The van der Waals surface area contributed by atoms with Gasteiger partial charge in [-0.15, -0.1) is 0 Å². The second-order valence-corrected chi connectivity index (χ2v) is 4.67. The predicted octanol–water partition coefficient (Wildman–Crippen LogP) is 2.17. The maximum absolute atomic E-state index is 8.77. The molecule has 0 bridgehead atoms. The van der Waals surface area contributed by atoms with Gasteiger partial charge in [0.2, 0.25) is 0 Å². The lowest BCUT2D eigenvalue weighted by Crippen LogP contribution is -2.14. The summed E-state index contributed by atoms with van der Waals surface area (Å²) in [6, 6.07) is 7.90. The highest BCUT2D eigenvalue weighted by Crippen LogP contribution is 2.12. The van der Waals surface area contributed by atoms with Gasteiger partial charge in [0.25, 0.3) is 0 Å². The van der Waals surface area contributed by atoms with Gasteiger partial charge in [-0.05, 0) is 19.1 Å². The molecule has 3 heteroatoms. The van der Waals surface area contributed by atoms with E-state index in [4.69, 9.17) is 9.84 Å². The third-order valence-corrected chi connectivity index (χ3v) is 2.40. The van der Waals surface area contributed by atoms with Crippen molar-refractivity contribution in [2.45, 2.75) is 10.8 Å². The van der Waals surface area contributed by atoms with Crippen molar-refractivity contribution in [2.75, 3.05) is 13.2 Å². The van der Waals surface area contributed by atoms with E-state index >= 15 is 0 Å². The van der Waals surface area contributed by atoms with Gasteiger partial charge in [0, 0.05) is 0 Å². The normalized spacial score (nSPS) is 12.5. The highest BCUT2D eigenvalue weighted by Gasteiger charge is 2.02. The van der Waals surface area contributed by atoms with Gasteiger partial charge in [-0.2, -0.15) is 0 Å². The van der Waals surface area contributed by atoms with Crippen molar-refractivity contribution >= 4 is 22.6 Å². The molecule has 2 nitrogen and oxygen atoms in total. The number of hydrogen-bond acceptors (Lipinski definition) is 2. The average molecular weight is 292 g/mol. The third kappa shape index (κ3) is 3.95. The van der Waals surface area contributed by atoms with E-state index in [1.807, 2.05) is 31.2 Å². The van der Waals surface area contributed by atoms with Crippen LogP contribution in [-0.4, -0.2) is 22.2 Å². The lowest BCUT2D eigenvalue weighted by atomic mass is 10.2. The smallest absolute Gasteiger partial charge is 0.119 e. The van der Waals surface area contributed by atoms with Crippen LogP contribution in [0.15, 0.2) is 24.3 Å². The van der Waals surface area contributed by atoms with Crippen LogP contribution in [0.4, 0.5) is 0 Å². The molecule has 1 aromatic carbocycles. The van der Waals surface area contributed by atoms with Gasteiger partial charge < -0.3 is 9.84 Å². The molecule has 0 aliphatic carbocycles. The van der Waals surface area contributed by atoms with Crippen LogP contribution >= 0.6 is 22.6 Å². The van der Waals surface area contributed by atoms with Crippen LogP contribution in [0.2, 0.25) is 0 Å². The summed E-state index contributed by atoms with van der Waals surface area (Å²) in [6.45, 7) is 2.76. The number of ether oxygens (including phenoxy) is 1. The maximum Gasteiger partial charge on any atom is 0.119 e. The summed E-state index contributed by atoms with van der Waals surface area (Å²) >= 11 is 2.16. The summed E-state index contributed by atoms with van der Waals surface area (Å²) in [5, 5.41) is 8.77. The summed E-state index contributed by atoms with van der Waals surface area (Å²) < 4.78 is 5.61. The molecule has 13 heavy (non-hydrogen) atoms. The lowest BCUT2D eigenvalue weighted by molar-refractivity contribution is 0.247. The van der Waals surface area contributed by atoms with Crippen LogP contribution in [0.5, 0.6) is 5.75 Å². The summed E-state index contributed by atoms with van der Waals surface area (Å²) in [7, 11) is 0. The third-order valence-electron chi connectivity index (χ3n) is 1.65. The van der Waals surface area contributed by atoms with Crippen molar-refractivity contribution in [1.29, 1.82) is 0 Å². The minimum Gasteiger partial charge on any atom is -0.492 e. The molecule has 0 spiro atoms. The topological polar surface area (TPSA) is 29.5 Å². The average Bonchev–Trinajstić information content (AvgIpc) is 2.16. The van der Waals surface area contributed by atoms with E-state index in [2.05, 4.69) is 22.6 Å². The van der Waals surface area contributed by atoms with E-state index in [-0.39, 0.29) is 10.5 Å². The first-order chi connectivity index (χ1) is 6.22. The van der Waals surface area contributed by atoms with Crippen molar-refractivity contribution in [3.05, 3.63) is 29.8 Å². The molecule has 1 N–H and O–H groups in total. The Kier molecular flexibility index (Phi) is 4.52. The Balaban J connectivity index is 2.41. The number of rotatable bonds is 4. The first kappa shape index (κ1) is 10.8. The highest BCUT2D eigenvalue weighted by atomic mass is 127. The lowest BCUT2D eigenvalue weighted by Gasteiger charge is -2.09. The Bertz CT molecular complexity index is 246. The van der Waals surface area contributed by atoms with Gasteiger partial charge in [0.1, 0.15) is 12.4 Å². The highest BCUT2D eigenvalue weighted by molar-refractivity contribution is 14.1. The van der Waals surface area contributed by atoms with Crippen LogP contribution in [0.3, 0.4) is 0 Å². The van der Waals surface area contributed by atoms with Gasteiger partial charge in [-0.1, -0.05) is 40.3 Å². The van der Waals surface area contributed by atoms with Gasteiger partial charge in [-0.25, -0.2) is 0 Å². The van der Waals surface area contributed by atoms with Crippen LogP contribution < -0.4 is 4.74 Å². The van der Waals surface area contributed by atoms with Crippen LogP contribution in [-0.2, 0) is 0 Å². The summed E-state index contributed by atoms with van der Waals surface area (Å²) in [5.74, 6) is 0.862. The first-order valence-electron chi connectivity index (χ1n) is 4.17. The molecule has 1 unspecified atom stereocenters. The van der Waals surface area contributed by atoms with Crippen molar-refractivity contribution in [3.8, 4) is 5.75 Å². The standard InChI is InChI=1S/C10H13IO2/c1-8-2-4-10(5-3-8)13-7-9(11)6-12/h2-5,9,12H,6-7H2,1H3. The summed E-state index contributed by atoms with van der Waals surface area (Å²) in [4.78, 5) is 0. The van der Waals surface area contributed by atoms with Gasteiger partial charge in [0.05, 0.1) is 10.5 Å². The predicted molar refractivity (Wildman–Crippen MR) is 61.6 cm³/mol. The maximum atomic E-state index is 8.77. The summed E-state index contributed by atoms with van der Waals surface area (Å²) in [6.07, 6.45) is 0. The Morgan fingerprint density at radius 1 is 1.38 bits per heavy atom. The van der Waals surface area contributed by atoms with E-state index < -0.39 is 0 Å². The van der Waals surface area contributed by atoms with E-state index in [1.54, 1.807) is 0 Å². The molecule has 0 saturated heterocycles. The second kappa shape index (κ2) is 5.44.